The highest BCUT2D eigenvalue weighted by Gasteiger charge is 2.55. The van der Waals surface area contributed by atoms with Crippen molar-refractivity contribution >= 4 is 13.1 Å². The van der Waals surface area contributed by atoms with Gasteiger partial charge in [0.2, 0.25) is 0 Å². The summed E-state index contributed by atoms with van der Waals surface area (Å²) in [5.74, 6) is -0.221. The lowest BCUT2D eigenvalue weighted by molar-refractivity contribution is -0.177. The van der Waals surface area contributed by atoms with Gasteiger partial charge in [-0.1, -0.05) is 12.1 Å². The average Bonchev–Trinajstić information content (AvgIpc) is 2.72. The van der Waals surface area contributed by atoms with Crippen LogP contribution in [0, 0.1) is 0 Å². The molecule has 1 aliphatic rings. The number of ether oxygens (including phenoxy) is 2. The monoisotopic (exact) mass is 378 g/mol. The molecule has 6 nitrogen and oxygen atoms in total. The van der Waals surface area contributed by atoms with Gasteiger partial charge in [0.1, 0.15) is 11.4 Å². The van der Waals surface area contributed by atoms with E-state index in [1.54, 1.807) is 45.0 Å². The zero-order valence-electron chi connectivity index (χ0n) is 17.6. The Balaban J connectivity index is 2.40. The minimum Gasteiger partial charge on any atom is -0.497 e. The van der Waals surface area contributed by atoms with Gasteiger partial charge in [-0.3, -0.25) is 0 Å². The Bertz CT molecular complexity index is 678. The van der Waals surface area contributed by atoms with Crippen LogP contribution in [0.15, 0.2) is 24.3 Å². The summed E-state index contributed by atoms with van der Waals surface area (Å²) in [7, 11) is 0.763. The van der Waals surface area contributed by atoms with Gasteiger partial charge in [-0.25, -0.2) is 4.79 Å². The van der Waals surface area contributed by atoms with Gasteiger partial charge in [0.15, 0.2) is 5.60 Å². The van der Waals surface area contributed by atoms with Gasteiger partial charge in [-0.15, -0.1) is 0 Å². The fraction of sp³-hybridized carbons (Fsp3) is 0.650. The van der Waals surface area contributed by atoms with Gasteiger partial charge in [-0.2, -0.15) is 0 Å². The Hall–Kier alpha value is -1.57. The average molecular weight is 378 g/mol. The normalized spacial score (nSPS) is 20.9. The number of benzene rings is 1. The SMILES string of the molecule is COc1cccc([C@](O)(CB2OC(C)(C)C(C)(C)O2)C(=O)OC(C)(C)C)c1. The van der Waals surface area contributed by atoms with Crippen LogP contribution in [-0.4, -0.2) is 42.1 Å². The molecule has 0 radical (unpaired) electrons. The summed E-state index contributed by atoms with van der Waals surface area (Å²) in [6.45, 7) is 13.0. The molecule has 1 aliphatic heterocycles. The summed E-state index contributed by atoms with van der Waals surface area (Å²) >= 11 is 0. The zero-order chi connectivity index (χ0) is 20.7. The second-order valence-electron chi connectivity index (χ2n) is 8.98. The smallest absolute Gasteiger partial charge is 0.461 e. The minimum absolute atomic E-state index is 0.0953. The van der Waals surface area contributed by atoms with Gasteiger partial charge in [0.05, 0.1) is 18.3 Å². The molecule has 0 saturated carbocycles. The Morgan fingerprint density at radius 1 is 1.15 bits per heavy atom. The molecular formula is C20H31BO6. The fourth-order valence-corrected chi connectivity index (χ4v) is 2.85. The third-order valence-corrected chi connectivity index (χ3v) is 5.05. The Morgan fingerprint density at radius 2 is 1.70 bits per heavy atom. The van der Waals surface area contributed by atoms with Crippen LogP contribution in [0.1, 0.15) is 54.0 Å². The molecule has 2 rings (SSSR count). The number of rotatable bonds is 5. The van der Waals surface area contributed by atoms with Gasteiger partial charge in [0, 0.05) is 6.32 Å². The highest BCUT2D eigenvalue weighted by Crippen LogP contribution is 2.41. The van der Waals surface area contributed by atoms with Gasteiger partial charge >= 0.3 is 13.1 Å². The first kappa shape index (κ1) is 21.7. The molecule has 1 fully saturated rings. The van der Waals surface area contributed by atoms with Crippen LogP contribution in [0.5, 0.6) is 5.75 Å². The lowest BCUT2D eigenvalue weighted by Gasteiger charge is -2.32. The van der Waals surface area contributed by atoms with Crippen LogP contribution in [0.4, 0.5) is 0 Å². The van der Waals surface area contributed by atoms with E-state index in [0.29, 0.717) is 11.3 Å². The summed E-state index contributed by atoms with van der Waals surface area (Å²) in [4.78, 5) is 13.0. The summed E-state index contributed by atoms with van der Waals surface area (Å²) in [5.41, 5.74) is -3.46. The maximum absolute atomic E-state index is 13.0. The largest absolute Gasteiger partial charge is 0.497 e. The maximum atomic E-state index is 13.0. The molecule has 0 aromatic heterocycles. The van der Waals surface area contributed by atoms with Crippen molar-refractivity contribution in [2.45, 2.75) is 77.2 Å². The quantitative estimate of drug-likeness (QED) is 0.626. The topological polar surface area (TPSA) is 74.2 Å². The van der Waals surface area contributed by atoms with Crippen molar-refractivity contribution in [3.05, 3.63) is 29.8 Å². The fourth-order valence-electron chi connectivity index (χ4n) is 2.85. The summed E-state index contributed by atoms with van der Waals surface area (Å²) in [6.07, 6.45) is -0.0953. The van der Waals surface area contributed by atoms with E-state index in [2.05, 4.69) is 0 Å². The second-order valence-corrected chi connectivity index (χ2v) is 8.98. The first-order chi connectivity index (χ1) is 12.2. The third-order valence-electron chi connectivity index (χ3n) is 5.05. The van der Waals surface area contributed by atoms with E-state index < -0.39 is 35.5 Å². The molecule has 1 saturated heterocycles. The molecule has 1 aromatic carbocycles. The number of aliphatic hydroxyl groups is 1. The highest BCUT2D eigenvalue weighted by atomic mass is 16.7. The van der Waals surface area contributed by atoms with Crippen molar-refractivity contribution in [3.8, 4) is 5.75 Å². The van der Waals surface area contributed by atoms with Crippen LogP contribution in [0.25, 0.3) is 0 Å². The molecule has 7 heteroatoms. The minimum atomic E-state index is -1.94. The summed E-state index contributed by atoms with van der Waals surface area (Å²) < 4.78 is 22.7. The molecule has 1 atom stereocenters. The molecule has 0 spiro atoms. The molecule has 1 N–H and O–H groups in total. The van der Waals surface area contributed by atoms with Crippen molar-refractivity contribution in [2.75, 3.05) is 7.11 Å². The molecule has 0 aliphatic carbocycles. The Morgan fingerprint density at radius 3 is 2.19 bits per heavy atom. The van der Waals surface area contributed by atoms with E-state index in [0.717, 1.165) is 0 Å². The van der Waals surface area contributed by atoms with Crippen molar-refractivity contribution in [1.29, 1.82) is 0 Å². The van der Waals surface area contributed by atoms with Crippen LogP contribution in [-0.2, 0) is 24.4 Å². The molecular weight excluding hydrogens is 347 g/mol. The van der Waals surface area contributed by atoms with E-state index in [-0.39, 0.29) is 6.32 Å². The number of carbonyl (C=O) groups is 1. The van der Waals surface area contributed by atoms with Gasteiger partial charge < -0.3 is 23.9 Å². The molecule has 0 amide bonds. The molecule has 1 heterocycles. The lowest BCUT2D eigenvalue weighted by atomic mass is 9.71. The molecule has 0 bridgehead atoms. The summed E-state index contributed by atoms with van der Waals surface area (Å²) in [6, 6.07) is 6.74. The van der Waals surface area contributed by atoms with Crippen molar-refractivity contribution < 1.29 is 28.7 Å². The molecule has 27 heavy (non-hydrogen) atoms. The Kier molecular flexibility index (Phi) is 5.73. The van der Waals surface area contributed by atoms with E-state index >= 15 is 0 Å². The predicted octanol–water partition coefficient (Wildman–Crippen LogP) is 3.32. The van der Waals surface area contributed by atoms with E-state index in [9.17, 15) is 9.90 Å². The standard InChI is InChI=1S/C20H31BO6/c1-17(2,3)25-16(22)20(23,14-10-9-11-15(12-14)24-8)13-21-26-18(4,5)19(6,7)27-21/h9-12,23H,13H2,1-8H3/t20-/m1/s1. The van der Waals surface area contributed by atoms with E-state index in [4.69, 9.17) is 18.8 Å². The maximum Gasteiger partial charge on any atom is 0.461 e. The van der Waals surface area contributed by atoms with Crippen LogP contribution in [0.3, 0.4) is 0 Å². The summed E-state index contributed by atoms with van der Waals surface area (Å²) in [5, 5.41) is 11.4. The molecule has 150 valence electrons. The van der Waals surface area contributed by atoms with Crippen LogP contribution >= 0.6 is 0 Å². The number of esters is 1. The van der Waals surface area contributed by atoms with Crippen molar-refractivity contribution in [1.82, 2.24) is 0 Å². The first-order valence-electron chi connectivity index (χ1n) is 9.16. The number of methoxy groups -OCH3 is 1. The van der Waals surface area contributed by atoms with Crippen molar-refractivity contribution in [2.24, 2.45) is 0 Å². The van der Waals surface area contributed by atoms with E-state index in [1.807, 2.05) is 27.7 Å². The van der Waals surface area contributed by atoms with Gasteiger partial charge in [-0.05, 0) is 66.2 Å². The third kappa shape index (κ3) is 4.65. The zero-order valence-corrected chi connectivity index (χ0v) is 17.6. The van der Waals surface area contributed by atoms with Crippen molar-refractivity contribution in [3.63, 3.8) is 0 Å². The lowest BCUT2D eigenvalue weighted by Crippen LogP contribution is -2.44. The second kappa shape index (κ2) is 7.11. The first-order valence-corrected chi connectivity index (χ1v) is 9.16. The molecule has 0 unspecified atom stereocenters. The predicted molar refractivity (Wildman–Crippen MR) is 104 cm³/mol. The van der Waals surface area contributed by atoms with Gasteiger partial charge in [0.25, 0.3) is 0 Å². The number of hydrogen-bond acceptors (Lipinski definition) is 6. The Labute approximate surface area is 162 Å². The van der Waals surface area contributed by atoms with Crippen LogP contribution in [0.2, 0.25) is 6.32 Å². The molecule has 1 aromatic rings. The van der Waals surface area contributed by atoms with E-state index in [1.165, 1.54) is 7.11 Å². The van der Waals surface area contributed by atoms with Crippen LogP contribution < -0.4 is 4.74 Å². The highest BCUT2D eigenvalue weighted by molar-refractivity contribution is 6.46. The number of hydrogen-bond donors (Lipinski definition) is 1. The number of carbonyl (C=O) groups excluding carboxylic acids is 1.